The van der Waals surface area contributed by atoms with E-state index in [2.05, 4.69) is 9.46 Å². The summed E-state index contributed by atoms with van der Waals surface area (Å²) in [5.74, 6) is -0.707. The molecule has 116 valence electrons. The molecule has 1 atom stereocenters. The van der Waals surface area contributed by atoms with Crippen molar-refractivity contribution < 1.29 is 17.9 Å². The number of esters is 1. The highest BCUT2D eigenvalue weighted by atomic mass is 35.5. The summed E-state index contributed by atoms with van der Waals surface area (Å²) in [6, 6.07) is 13.3. The molecule has 0 saturated heterocycles. The van der Waals surface area contributed by atoms with Gasteiger partial charge in [0, 0.05) is 0 Å². The zero-order valence-corrected chi connectivity index (χ0v) is 13.3. The van der Waals surface area contributed by atoms with Gasteiger partial charge >= 0.3 is 5.97 Å². The molecule has 7 heteroatoms. The zero-order valence-electron chi connectivity index (χ0n) is 11.7. The molecule has 0 aliphatic heterocycles. The van der Waals surface area contributed by atoms with Gasteiger partial charge in [-0.3, -0.25) is 0 Å². The minimum Gasteiger partial charge on any atom is -0.468 e. The molecule has 0 aliphatic rings. The molecule has 1 N–H and O–H groups in total. The van der Waals surface area contributed by atoms with Gasteiger partial charge in [0.25, 0.3) is 0 Å². The van der Waals surface area contributed by atoms with Crippen molar-refractivity contribution >= 4 is 27.6 Å². The largest absolute Gasteiger partial charge is 0.468 e. The highest BCUT2D eigenvalue weighted by molar-refractivity contribution is 7.89. The lowest BCUT2D eigenvalue weighted by Crippen LogP contribution is -2.34. The quantitative estimate of drug-likeness (QED) is 0.850. The molecule has 0 amide bonds. The first-order valence-electron chi connectivity index (χ1n) is 6.35. The molecule has 0 fully saturated rings. The monoisotopic (exact) mass is 339 g/mol. The van der Waals surface area contributed by atoms with Crippen LogP contribution in [-0.4, -0.2) is 21.5 Å². The van der Waals surface area contributed by atoms with Gasteiger partial charge in [-0.1, -0.05) is 54.1 Å². The van der Waals surface area contributed by atoms with Crippen molar-refractivity contribution in [3.63, 3.8) is 0 Å². The van der Waals surface area contributed by atoms with Crippen LogP contribution < -0.4 is 4.72 Å². The maximum atomic E-state index is 12.5. The predicted molar refractivity (Wildman–Crippen MR) is 83.0 cm³/mol. The van der Waals surface area contributed by atoms with E-state index < -0.39 is 22.0 Å². The summed E-state index contributed by atoms with van der Waals surface area (Å²) in [6.45, 7) is 0. The lowest BCUT2D eigenvalue weighted by Gasteiger charge is -2.17. The molecule has 2 rings (SSSR count). The maximum absolute atomic E-state index is 12.5. The molecule has 0 spiro atoms. The number of sulfonamides is 1. The lowest BCUT2D eigenvalue weighted by molar-refractivity contribution is -0.142. The molecule has 0 aliphatic carbocycles. The lowest BCUT2D eigenvalue weighted by atomic mass is 10.1. The van der Waals surface area contributed by atoms with E-state index in [9.17, 15) is 13.2 Å². The van der Waals surface area contributed by atoms with Crippen molar-refractivity contribution in [2.75, 3.05) is 7.11 Å². The average Bonchev–Trinajstić information content (AvgIpc) is 2.53. The fourth-order valence-electron chi connectivity index (χ4n) is 1.90. The Morgan fingerprint density at radius 2 is 1.68 bits per heavy atom. The van der Waals surface area contributed by atoms with Crippen molar-refractivity contribution in [2.45, 2.75) is 10.9 Å². The van der Waals surface area contributed by atoms with Crippen molar-refractivity contribution in [3.8, 4) is 0 Å². The van der Waals surface area contributed by atoms with E-state index in [0.717, 1.165) is 0 Å². The Balaban J connectivity index is 2.39. The number of methoxy groups -OCH3 is 1. The van der Waals surface area contributed by atoms with Crippen LogP contribution in [-0.2, 0) is 19.6 Å². The fraction of sp³-hybridized carbons (Fsp3) is 0.133. The number of carbonyl (C=O) groups excluding carboxylic acids is 1. The molecule has 0 heterocycles. The Kier molecular flexibility index (Phi) is 5.18. The molecule has 0 aromatic heterocycles. The number of hydrogen-bond donors (Lipinski definition) is 1. The Morgan fingerprint density at radius 1 is 1.09 bits per heavy atom. The highest BCUT2D eigenvalue weighted by Crippen LogP contribution is 2.23. The van der Waals surface area contributed by atoms with Gasteiger partial charge in [0.2, 0.25) is 10.0 Å². The maximum Gasteiger partial charge on any atom is 0.328 e. The molecular formula is C15H14ClNO4S. The van der Waals surface area contributed by atoms with E-state index in [1.807, 2.05) is 0 Å². The van der Waals surface area contributed by atoms with Gasteiger partial charge in [0.05, 0.1) is 12.1 Å². The minimum atomic E-state index is -3.98. The number of ether oxygens (including phenoxy) is 1. The first-order valence-corrected chi connectivity index (χ1v) is 8.21. The Labute approximate surface area is 133 Å². The van der Waals surface area contributed by atoms with Gasteiger partial charge in [-0.2, -0.15) is 4.72 Å². The summed E-state index contributed by atoms with van der Waals surface area (Å²) >= 11 is 5.92. The SMILES string of the molecule is COC(=O)[C@H](NS(=O)(=O)c1ccccc1Cl)c1ccccc1. The first-order chi connectivity index (χ1) is 10.5. The van der Waals surface area contributed by atoms with E-state index >= 15 is 0 Å². The van der Waals surface area contributed by atoms with Gasteiger partial charge in [0.15, 0.2) is 0 Å². The van der Waals surface area contributed by atoms with Gasteiger partial charge in [-0.05, 0) is 17.7 Å². The smallest absolute Gasteiger partial charge is 0.328 e. The summed E-state index contributed by atoms with van der Waals surface area (Å²) in [5.41, 5.74) is 0.477. The van der Waals surface area contributed by atoms with Crippen LogP contribution in [0.15, 0.2) is 59.5 Å². The molecule has 5 nitrogen and oxygen atoms in total. The van der Waals surface area contributed by atoms with Gasteiger partial charge in [0.1, 0.15) is 10.9 Å². The number of halogens is 1. The first kappa shape index (κ1) is 16.5. The molecule has 0 saturated carbocycles. The number of hydrogen-bond acceptors (Lipinski definition) is 4. The van der Waals surface area contributed by atoms with E-state index in [-0.39, 0.29) is 9.92 Å². The second kappa shape index (κ2) is 6.91. The standard InChI is InChI=1S/C15H14ClNO4S/c1-21-15(18)14(11-7-3-2-4-8-11)17-22(19,20)13-10-6-5-9-12(13)16/h2-10,14,17H,1H3/t14-/m1/s1. The summed E-state index contributed by atoms with van der Waals surface area (Å²) in [7, 11) is -2.78. The number of carbonyl (C=O) groups is 1. The fourth-order valence-corrected chi connectivity index (χ4v) is 3.59. The van der Waals surface area contributed by atoms with Gasteiger partial charge in [-0.25, -0.2) is 13.2 Å². The number of nitrogens with one attached hydrogen (secondary N) is 1. The van der Waals surface area contributed by atoms with Crippen LogP contribution in [0.2, 0.25) is 5.02 Å². The van der Waals surface area contributed by atoms with Crippen LogP contribution in [0, 0.1) is 0 Å². The van der Waals surface area contributed by atoms with Crippen LogP contribution in [0.5, 0.6) is 0 Å². The normalized spacial score (nSPS) is 12.6. The van der Waals surface area contributed by atoms with Gasteiger partial charge in [-0.15, -0.1) is 0 Å². The summed E-state index contributed by atoms with van der Waals surface area (Å²) in [6.07, 6.45) is 0. The second-order valence-electron chi connectivity index (χ2n) is 4.42. The third-order valence-corrected chi connectivity index (χ3v) is 4.89. The topological polar surface area (TPSA) is 72.5 Å². The molecular weight excluding hydrogens is 326 g/mol. The van der Waals surface area contributed by atoms with E-state index in [1.165, 1.54) is 19.2 Å². The summed E-state index contributed by atoms with van der Waals surface area (Å²) in [4.78, 5) is 11.8. The Morgan fingerprint density at radius 3 is 2.27 bits per heavy atom. The van der Waals surface area contributed by atoms with Crippen LogP contribution >= 0.6 is 11.6 Å². The molecule has 2 aromatic rings. The van der Waals surface area contributed by atoms with E-state index in [4.69, 9.17) is 11.6 Å². The summed E-state index contributed by atoms with van der Waals surface area (Å²) < 4.78 is 31.9. The van der Waals surface area contributed by atoms with Crippen LogP contribution in [0.4, 0.5) is 0 Å². The van der Waals surface area contributed by atoms with Crippen LogP contribution in [0.3, 0.4) is 0 Å². The average molecular weight is 340 g/mol. The third-order valence-electron chi connectivity index (χ3n) is 2.97. The Hall–Kier alpha value is -1.89. The molecule has 0 radical (unpaired) electrons. The van der Waals surface area contributed by atoms with Crippen molar-refractivity contribution in [2.24, 2.45) is 0 Å². The van der Waals surface area contributed by atoms with Crippen molar-refractivity contribution in [1.82, 2.24) is 4.72 Å². The minimum absolute atomic E-state index is 0.0756. The van der Waals surface area contributed by atoms with Crippen LogP contribution in [0.25, 0.3) is 0 Å². The van der Waals surface area contributed by atoms with Crippen molar-refractivity contribution in [3.05, 3.63) is 65.2 Å². The predicted octanol–water partition coefficient (Wildman–Crippen LogP) is 2.53. The van der Waals surface area contributed by atoms with Gasteiger partial charge < -0.3 is 4.74 Å². The molecule has 22 heavy (non-hydrogen) atoms. The molecule has 2 aromatic carbocycles. The van der Waals surface area contributed by atoms with E-state index in [1.54, 1.807) is 42.5 Å². The Bertz CT molecular complexity index is 762. The summed E-state index contributed by atoms with van der Waals surface area (Å²) in [5, 5.41) is 0.0756. The van der Waals surface area contributed by atoms with Crippen molar-refractivity contribution in [1.29, 1.82) is 0 Å². The highest BCUT2D eigenvalue weighted by Gasteiger charge is 2.28. The molecule has 0 unspecified atom stereocenters. The van der Waals surface area contributed by atoms with E-state index in [0.29, 0.717) is 5.56 Å². The number of benzene rings is 2. The second-order valence-corrected chi connectivity index (χ2v) is 6.51. The zero-order chi connectivity index (χ0) is 16.2. The molecule has 0 bridgehead atoms. The number of rotatable bonds is 5. The van der Waals surface area contributed by atoms with Crippen LogP contribution in [0.1, 0.15) is 11.6 Å². The third kappa shape index (κ3) is 3.65.